The van der Waals surface area contributed by atoms with Crippen LogP contribution in [0.3, 0.4) is 0 Å². The van der Waals surface area contributed by atoms with E-state index in [0.717, 1.165) is 5.56 Å². The second-order valence-electron chi connectivity index (χ2n) is 8.17. The van der Waals surface area contributed by atoms with Crippen LogP contribution >= 0.6 is 15.9 Å². The van der Waals surface area contributed by atoms with Gasteiger partial charge in [-0.3, -0.25) is 9.59 Å². The zero-order chi connectivity index (χ0) is 23.6. The van der Waals surface area contributed by atoms with Crippen LogP contribution in [0, 0.1) is 25.7 Å². The molecule has 0 bridgehead atoms. The van der Waals surface area contributed by atoms with Crippen molar-refractivity contribution in [3.8, 4) is 0 Å². The van der Waals surface area contributed by atoms with Crippen molar-refractivity contribution in [2.24, 2.45) is 11.8 Å². The first-order chi connectivity index (χ1) is 14.5. The third kappa shape index (κ3) is 9.23. The quantitative estimate of drug-likeness (QED) is 0.528. The first-order valence-electron chi connectivity index (χ1n) is 10.3. The Morgan fingerprint density at radius 3 is 1.68 bits per heavy atom. The van der Waals surface area contributed by atoms with E-state index in [0.29, 0.717) is 5.56 Å². The van der Waals surface area contributed by atoms with Gasteiger partial charge in [0.1, 0.15) is 13.2 Å². The highest BCUT2D eigenvalue weighted by atomic mass is 79.9. The van der Waals surface area contributed by atoms with Gasteiger partial charge in [-0.2, -0.15) is 0 Å². The van der Waals surface area contributed by atoms with Crippen molar-refractivity contribution in [1.29, 1.82) is 0 Å². The predicted octanol–water partition coefficient (Wildman–Crippen LogP) is 5.34. The SMILES string of the molecule is Cc1ccc(C(O)(COC(=O)C(C)C)COC(=O)C(C)C)cc1.Cc1ccccc1Br. The molecular formula is C25H33BrO5. The number of ether oxygens (including phenoxy) is 2. The third-order valence-corrected chi connectivity index (χ3v) is 5.40. The van der Waals surface area contributed by atoms with Gasteiger partial charge in [-0.15, -0.1) is 0 Å². The van der Waals surface area contributed by atoms with Crippen LogP contribution in [0.25, 0.3) is 0 Å². The Bertz CT molecular complexity index is 798. The number of rotatable bonds is 7. The second kappa shape index (κ2) is 12.6. The van der Waals surface area contributed by atoms with E-state index in [1.54, 1.807) is 39.8 Å². The summed E-state index contributed by atoms with van der Waals surface area (Å²) in [7, 11) is 0. The van der Waals surface area contributed by atoms with Crippen molar-refractivity contribution in [3.05, 3.63) is 69.7 Å². The molecule has 0 aliphatic rings. The fourth-order valence-corrected chi connectivity index (χ4v) is 2.62. The highest BCUT2D eigenvalue weighted by Gasteiger charge is 2.34. The minimum atomic E-state index is -1.57. The third-order valence-electron chi connectivity index (χ3n) is 4.51. The molecule has 2 aromatic carbocycles. The summed E-state index contributed by atoms with van der Waals surface area (Å²) in [5.41, 5.74) is 1.29. The Morgan fingerprint density at radius 1 is 0.871 bits per heavy atom. The lowest BCUT2D eigenvalue weighted by Gasteiger charge is -2.28. The largest absolute Gasteiger partial charge is 0.462 e. The lowest BCUT2D eigenvalue weighted by Crippen LogP contribution is -2.39. The summed E-state index contributed by atoms with van der Waals surface area (Å²) < 4.78 is 11.5. The monoisotopic (exact) mass is 492 g/mol. The van der Waals surface area contributed by atoms with Gasteiger partial charge in [-0.1, -0.05) is 91.7 Å². The zero-order valence-corrected chi connectivity index (χ0v) is 20.7. The van der Waals surface area contributed by atoms with E-state index in [9.17, 15) is 14.7 Å². The summed E-state index contributed by atoms with van der Waals surface area (Å²) in [5, 5.41) is 10.9. The van der Waals surface area contributed by atoms with E-state index in [-0.39, 0.29) is 25.0 Å². The number of hydrogen-bond donors (Lipinski definition) is 1. The molecule has 31 heavy (non-hydrogen) atoms. The molecule has 0 saturated heterocycles. The van der Waals surface area contributed by atoms with Crippen LogP contribution in [0.2, 0.25) is 0 Å². The first kappa shape index (κ1) is 26.9. The number of aryl methyl sites for hydroxylation is 2. The second-order valence-corrected chi connectivity index (χ2v) is 9.03. The number of aliphatic hydroxyl groups is 1. The molecule has 170 valence electrons. The van der Waals surface area contributed by atoms with Crippen molar-refractivity contribution >= 4 is 27.9 Å². The first-order valence-corrected chi connectivity index (χ1v) is 11.1. The standard InChI is InChI=1S/C18H26O5.C7H7Br/c1-12(2)16(19)22-10-18(21,11-23-17(20)13(3)4)15-8-6-14(5)7-9-15;1-6-4-2-3-5-7(6)8/h6-9,12-13,21H,10-11H2,1-5H3;2-5H,1H3. The van der Waals surface area contributed by atoms with Crippen LogP contribution in [-0.4, -0.2) is 30.3 Å². The van der Waals surface area contributed by atoms with E-state index < -0.39 is 17.5 Å². The van der Waals surface area contributed by atoms with Crippen LogP contribution in [-0.2, 0) is 24.7 Å². The normalized spacial score (nSPS) is 11.0. The van der Waals surface area contributed by atoms with Crippen molar-refractivity contribution in [1.82, 2.24) is 0 Å². The Hall–Kier alpha value is -2.18. The molecule has 0 aliphatic carbocycles. The molecule has 0 fully saturated rings. The van der Waals surface area contributed by atoms with Gasteiger partial charge in [0.25, 0.3) is 0 Å². The van der Waals surface area contributed by atoms with Gasteiger partial charge in [0.2, 0.25) is 0 Å². The average molecular weight is 493 g/mol. The molecule has 0 spiro atoms. The Labute approximate surface area is 193 Å². The molecule has 0 aromatic heterocycles. The molecule has 0 radical (unpaired) electrons. The Kier molecular flexibility index (Phi) is 10.9. The number of esters is 2. The predicted molar refractivity (Wildman–Crippen MR) is 126 cm³/mol. The average Bonchev–Trinajstić information content (AvgIpc) is 2.73. The summed E-state index contributed by atoms with van der Waals surface area (Å²) in [6, 6.07) is 15.3. The summed E-state index contributed by atoms with van der Waals surface area (Å²) in [5.74, 6) is -1.41. The van der Waals surface area contributed by atoms with Crippen molar-refractivity contribution < 1.29 is 24.2 Å². The summed E-state index contributed by atoms with van der Waals surface area (Å²) in [6.07, 6.45) is 0. The van der Waals surface area contributed by atoms with Crippen LogP contribution in [0.15, 0.2) is 53.0 Å². The van der Waals surface area contributed by atoms with Gasteiger partial charge in [-0.25, -0.2) is 0 Å². The van der Waals surface area contributed by atoms with Gasteiger partial charge in [0, 0.05) is 4.47 Å². The van der Waals surface area contributed by atoms with Crippen LogP contribution < -0.4 is 0 Å². The topological polar surface area (TPSA) is 72.8 Å². The van der Waals surface area contributed by atoms with Gasteiger partial charge in [0.15, 0.2) is 5.60 Å². The summed E-state index contributed by atoms with van der Waals surface area (Å²) in [4.78, 5) is 23.4. The summed E-state index contributed by atoms with van der Waals surface area (Å²) in [6.45, 7) is 10.3. The molecule has 0 atom stereocenters. The van der Waals surface area contributed by atoms with Gasteiger partial charge in [0.05, 0.1) is 11.8 Å². The lowest BCUT2D eigenvalue weighted by molar-refractivity contribution is -0.168. The maximum absolute atomic E-state index is 11.7. The van der Waals surface area contributed by atoms with E-state index >= 15 is 0 Å². The van der Waals surface area contributed by atoms with E-state index in [4.69, 9.17) is 9.47 Å². The lowest BCUT2D eigenvalue weighted by atomic mass is 9.94. The number of benzene rings is 2. The minimum absolute atomic E-state index is 0.265. The zero-order valence-electron chi connectivity index (χ0n) is 19.1. The maximum atomic E-state index is 11.7. The van der Waals surface area contributed by atoms with Crippen LogP contribution in [0.5, 0.6) is 0 Å². The molecule has 2 aromatic rings. The Balaban J connectivity index is 0.000000500. The molecule has 0 amide bonds. The molecular weight excluding hydrogens is 460 g/mol. The highest BCUT2D eigenvalue weighted by molar-refractivity contribution is 9.10. The molecule has 2 rings (SSSR count). The van der Waals surface area contributed by atoms with Crippen molar-refractivity contribution in [3.63, 3.8) is 0 Å². The van der Waals surface area contributed by atoms with Crippen molar-refractivity contribution in [2.45, 2.75) is 47.1 Å². The van der Waals surface area contributed by atoms with Crippen LogP contribution in [0.4, 0.5) is 0 Å². The molecule has 0 unspecified atom stereocenters. The molecule has 0 heterocycles. The maximum Gasteiger partial charge on any atom is 0.308 e. The van der Waals surface area contributed by atoms with E-state index in [1.165, 1.54) is 10.0 Å². The fourth-order valence-electron chi connectivity index (χ4n) is 2.34. The highest BCUT2D eigenvalue weighted by Crippen LogP contribution is 2.24. The van der Waals surface area contributed by atoms with E-state index in [2.05, 4.69) is 28.9 Å². The van der Waals surface area contributed by atoms with Crippen LogP contribution in [0.1, 0.15) is 44.4 Å². The number of hydrogen-bond acceptors (Lipinski definition) is 5. The number of halogens is 1. The number of carbonyl (C=O) groups is 2. The van der Waals surface area contributed by atoms with Gasteiger partial charge < -0.3 is 14.6 Å². The molecule has 6 heteroatoms. The molecule has 0 aliphatic heterocycles. The molecule has 5 nitrogen and oxygen atoms in total. The van der Waals surface area contributed by atoms with Gasteiger partial charge in [-0.05, 0) is 31.0 Å². The summed E-state index contributed by atoms with van der Waals surface area (Å²) >= 11 is 3.40. The fraction of sp³-hybridized carbons (Fsp3) is 0.440. The minimum Gasteiger partial charge on any atom is -0.462 e. The number of carbonyl (C=O) groups excluding carboxylic acids is 2. The van der Waals surface area contributed by atoms with Crippen molar-refractivity contribution in [2.75, 3.05) is 13.2 Å². The van der Waals surface area contributed by atoms with E-state index in [1.807, 2.05) is 37.3 Å². The molecule has 1 N–H and O–H groups in total. The van der Waals surface area contributed by atoms with Gasteiger partial charge >= 0.3 is 11.9 Å². The Morgan fingerprint density at radius 2 is 1.32 bits per heavy atom. The smallest absolute Gasteiger partial charge is 0.308 e. The molecule has 0 saturated carbocycles.